The lowest BCUT2D eigenvalue weighted by Crippen LogP contribution is -2.48. The quantitative estimate of drug-likeness (QED) is 0.691. The molecule has 2 heterocycles. The highest BCUT2D eigenvalue weighted by molar-refractivity contribution is 6.10. The predicted octanol–water partition coefficient (Wildman–Crippen LogP) is 3.58. The van der Waals surface area contributed by atoms with E-state index >= 15 is 0 Å². The number of ether oxygens (including phenoxy) is 1. The van der Waals surface area contributed by atoms with E-state index in [4.69, 9.17) is 4.74 Å². The van der Waals surface area contributed by atoms with E-state index in [9.17, 15) is 14.7 Å². The van der Waals surface area contributed by atoms with E-state index in [0.29, 0.717) is 41.8 Å². The Labute approximate surface area is 183 Å². The average molecular weight is 423 g/mol. The second kappa shape index (κ2) is 8.81. The zero-order valence-electron chi connectivity index (χ0n) is 18.2. The average Bonchev–Trinajstić information content (AvgIpc) is 2.98. The van der Waals surface area contributed by atoms with Crippen molar-refractivity contribution in [3.05, 3.63) is 59.7 Å². The molecule has 164 valence electrons. The molecule has 1 N–H and O–H groups in total. The second-order valence-corrected chi connectivity index (χ2v) is 8.61. The molecule has 31 heavy (non-hydrogen) atoms. The van der Waals surface area contributed by atoms with E-state index < -0.39 is 11.5 Å². The first-order chi connectivity index (χ1) is 14.9. The fraction of sp³-hybridized carbons (Fsp3) is 0.440. The number of hydrogen-bond acceptors (Lipinski definition) is 5. The van der Waals surface area contributed by atoms with Gasteiger partial charge in [-0.3, -0.25) is 19.4 Å². The summed E-state index contributed by atoms with van der Waals surface area (Å²) in [6.45, 7) is 6.98. The van der Waals surface area contributed by atoms with Crippen molar-refractivity contribution in [2.24, 2.45) is 5.92 Å². The number of aliphatic hydroxyl groups is 1. The number of fused-ring (bicyclic) bond motifs is 1. The van der Waals surface area contributed by atoms with Crippen LogP contribution in [0.15, 0.2) is 48.5 Å². The minimum absolute atomic E-state index is 0.276. The van der Waals surface area contributed by atoms with E-state index in [0.717, 1.165) is 25.9 Å². The molecule has 1 unspecified atom stereocenters. The highest BCUT2D eigenvalue weighted by atomic mass is 16.5. The van der Waals surface area contributed by atoms with Gasteiger partial charge in [-0.15, -0.1) is 0 Å². The van der Waals surface area contributed by atoms with Gasteiger partial charge < -0.3 is 9.84 Å². The molecule has 4 rings (SSSR count). The first-order valence-corrected chi connectivity index (χ1v) is 11.0. The Hall–Kier alpha value is -2.70. The minimum atomic E-state index is -1.85. The van der Waals surface area contributed by atoms with E-state index in [-0.39, 0.29) is 12.2 Å². The number of likely N-dealkylation sites (tertiary alicyclic amines) is 1. The maximum absolute atomic E-state index is 13.4. The summed E-state index contributed by atoms with van der Waals surface area (Å²) < 4.78 is 5.42. The van der Waals surface area contributed by atoms with Crippen LogP contribution in [0.5, 0.6) is 5.75 Å². The lowest BCUT2D eigenvalue weighted by atomic mass is 9.88. The standard InChI is InChI=1S/C25H30N2O4/c1-3-31-20-10-8-19(9-11-20)23(28)16-25(30)21-6-4-5-7-22(21)27(24(25)29)17-26-14-12-18(2)13-15-26/h4-11,18,30H,3,12-17H2,1-2H3. The zero-order chi connectivity index (χ0) is 22.0. The van der Waals surface area contributed by atoms with E-state index in [1.165, 1.54) is 0 Å². The topological polar surface area (TPSA) is 70.1 Å². The van der Waals surface area contributed by atoms with Crippen LogP contribution in [0.25, 0.3) is 0 Å². The summed E-state index contributed by atoms with van der Waals surface area (Å²) >= 11 is 0. The molecule has 0 saturated carbocycles. The molecule has 1 fully saturated rings. The number of carbonyl (C=O) groups is 2. The van der Waals surface area contributed by atoms with Gasteiger partial charge in [0.2, 0.25) is 0 Å². The van der Waals surface area contributed by atoms with E-state index in [1.807, 2.05) is 19.1 Å². The molecule has 0 aromatic heterocycles. The monoisotopic (exact) mass is 422 g/mol. The van der Waals surface area contributed by atoms with Crippen LogP contribution >= 0.6 is 0 Å². The molecule has 0 radical (unpaired) electrons. The molecule has 2 aromatic carbocycles. The van der Waals surface area contributed by atoms with Crippen LogP contribution in [0, 0.1) is 5.92 Å². The maximum atomic E-state index is 13.4. The highest BCUT2D eigenvalue weighted by Gasteiger charge is 2.51. The molecule has 1 atom stereocenters. The van der Waals surface area contributed by atoms with Gasteiger partial charge in [0.05, 0.1) is 25.4 Å². The van der Waals surface area contributed by atoms with Gasteiger partial charge >= 0.3 is 0 Å². The first kappa shape index (κ1) is 21.5. The second-order valence-electron chi connectivity index (χ2n) is 8.61. The maximum Gasteiger partial charge on any atom is 0.265 e. The number of benzene rings is 2. The molecule has 6 nitrogen and oxygen atoms in total. The van der Waals surface area contributed by atoms with Crippen molar-refractivity contribution in [1.82, 2.24) is 4.90 Å². The molecule has 0 spiro atoms. The number of carbonyl (C=O) groups excluding carboxylic acids is 2. The Balaban J connectivity index is 1.55. The molecule has 0 aliphatic carbocycles. The van der Waals surface area contributed by atoms with Gasteiger partial charge in [0.25, 0.3) is 5.91 Å². The van der Waals surface area contributed by atoms with Gasteiger partial charge in [0.1, 0.15) is 5.75 Å². The first-order valence-electron chi connectivity index (χ1n) is 11.0. The van der Waals surface area contributed by atoms with Crippen molar-refractivity contribution in [3.8, 4) is 5.75 Å². The molecule has 2 aromatic rings. The summed E-state index contributed by atoms with van der Waals surface area (Å²) in [5, 5.41) is 11.5. The van der Waals surface area contributed by atoms with Crippen molar-refractivity contribution in [2.45, 2.75) is 38.7 Å². The summed E-state index contributed by atoms with van der Waals surface area (Å²) in [6.07, 6.45) is 1.92. The third kappa shape index (κ3) is 4.23. The van der Waals surface area contributed by atoms with Crippen LogP contribution in [0.3, 0.4) is 0 Å². The molecule has 1 saturated heterocycles. The number of amides is 1. The van der Waals surface area contributed by atoms with Crippen LogP contribution in [0.1, 0.15) is 49.0 Å². The third-order valence-corrected chi connectivity index (χ3v) is 6.36. The van der Waals surface area contributed by atoms with Crippen molar-refractivity contribution < 1.29 is 19.4 Å². The summed E-state index contributed by atoms with van der Waals surface area (Å²) in [6, 6.07) is 14.1. The lowest BCUT2D eigenvalue weighted by Gasteiger charge is -2.34. The smallest absolute Gasteiger partial charge is 0.265 e. The molecule has 2 aliphatic heterocycles. The van der Waals surface area contributed by atoms with Crippen molar-refractivity contribution >= 4 is 17.4 Å². The van der Waals surface area contributed by atoms with Crippen molar-refractivity contribution in [1.29, 1.82) is 0 Å². The largest absolute Gasteiger partial charge is 0.494 e. The van der Waals surface area contributed by atoms with Crippen molar-refractivity contribution in [2.75, 3.05) is 31.3 Å². The molecule has 0 bridgehead atoms. The normalized spacial score (nSPS) is 21.9. The van der Waals surface area contributed by atoms with Gasteiger partial charge in [-0.1, -0.05) is 25.1 Å². The Morgan fingerprint density at radius 1 is 1.13 bits per heavy atom. The minimum Gasteiger partial charge on any atom is -0.494 e. The number of piperidine rings is 1. The molecule has 2 aliphatic rings. The highest BCUT2D eigenvalue weighted by Crippen LogP contribution is 2.43. The number of anilines is 1. The van der Waals surface area contributed by atoms with Gasteiger partial charge in [0, 0.05) is 24.2 Å². The number of nitrogens with zero attached hydrogens (tertiary/aromatic N) is 2. The summed E-state index contributed by atoms with van der Waals surface area (Å²) in [7, 11) is 0. The lowest BCUT2D eigenvalue weighted by molar-refractivity contribution is -0.136. The van der Waals surface area contributed by atoms with Crippen molar-refractivity contribution in [3.63, 3.8) is 0 Å². The number of para-hydroxylation sites is 1. The number of hydrogen-bond donors (Lipinski definition) is 1. The van der Waals surface area contributed by atoms with E-state index in [2.05, 4.69) is 11.8 Å². The molecular weight excluding hydrogens is 392 g/mol. The summed E-state index contributed by atoms with van der Waals surface area (Å²) in [5.74, 6) is 0.678. The number of ketones is 1. The van der Waals surface area contributed by atoms with Gasteiger partial charge in [-0.05, 0) is 56.0 Å². The van der Waals surface area contributed by atoms with Crippen LogP contribution < -0.4 is 9.64 Å². The van der Waals surface area contributed by atoms with Gasteiger partial charge in [0.15, 0.2) is 11.4 Å². The van der Waals surface area contributed by atoms with Crippen LogP contribution in [0.2, 0.25) is 0 Å². The summed E-state index contributed by atoms with van der Waals surface area (Å²) in [4.78, 5) is 30.3. The Bertz CT molecular complexity index is 950. The SMILES string of the molecule is CCOc1ccc(C(=O)CC2(O)C(=O)N(CN3CCC(C)CC3)c3ccccc32)cc1. The fourth-order valence-electron chi connectivity index (χ4n) is 4.46. The number of rotatable bonds is 7. The van der Waals surface area contributed by atoms with Crippen LogP contribution in [-0.2, 0) is 10.4 Å². The third-order valence-electron chi connectivity index (χ3n) is 6.36. The zero-order valence-corrected chi connectivity index (χ0v) is 18.2. The predicted molar refractivity (Wildman–Crippen MR) is 119 cm³/mol. The fourth-order valence-corrected chi connectivity index (χ4v) is 4.46. The Morgan fingerprint density at radius 2 is 1.81 bits per heavy atom. The number of Topliss-reactive ketones (excluding diaryl/α,β-unsaturated/α-hetero) is 1. The Kier molecular flexibility index (Phi) is 6.12. The Morgan fingerprint density at radius 3 is 2.48 bits per heavy atom. The molecule has 1 amide bonds. The van der Waals surface area contributed by atoms with Gasteiger partial charge in [-0.25, -0.2) is 0 Å². The van der Waals surface area contributed by atoms with Crippen LogP contribution in [0.4, 0.5) is 5.69 Å². The van der Waals surface area contributed by atoms with Crippen LogP contribution in [-0.4, -0.2) is 48.1 Å². The summed E-state index contributed by atoms with van der Waals surface area (Å²) in [5.41, 5.74) is -0.210. The molecule has 6 heteroatoms. The van der Waals surface area contributed by atoms with Gasteiger partial charge in [-0.2, -0.15) is 0 Å². The van der Waals surface area contributed by atoms with E-state index in [1.54, 1.807) is 41.3 Å². The molecular formula is C25H30N2O4.